The average molecular weight is 241 g/mol. The maximum Gasteiger partial charge on any atom is 0.244 e. The van der Waals surface area contributed by atoms with Crippen LogP contribution in [0.3, 0.4) is 0 Å². The predicted molar refractivity (Wildman–Crippen MR) is 66.6 cm³/mol. The third-order valence-electron chi connectivity index (χ3n) is 3.28. The third-order valence-corrected chi connectivity index (χ3v) is 3.28. The number of nitrogens with zero attached hydrogens (tertiary/aromatic N) is 1. The molecule has 0 aromatic carbocycles. The number of carbonyl (C=O) groups is 2. The lowest BCUT2D eigenvalue weighted by Crippen LogP contribution is -2.59. The normalized spacial score (nSPS) is 26.1. The van der Waals surface area contributed by atoms with Crippen molar-refractivity contribution in [3.63, 3.8) is 0 Å². The predicted octanol–water partition coefficient (Wildman–Crippen LogP) is 0.112. The van der Waals surface area contributed by atoms with Crippen LogP contribution in [0.15, 0.2) is 0 Å². The highest BCUT2D eigenvalue weighted by Gasteiger charge is 2.35. The second kappa shape index (κ2) is 5.49. The summed E-state index contributed by atoms with van der Waals surface area (Å²) in [5.41, 5.74) is -0.529. The fourth-order valence-electron chi connectivity index (χ4n) is 2.05. The first-order chi connectivity index (χ1) is 7.87. The number of hydrogen-bond donors (Lipinski definition) is 2. The van der Waals surface area contributed by atoms with Crippen LogP contribution in [0.5, 0.6) is 0 Å². The zero-order chi connectivity index (χ0) is 13.1. The largest absolute Gasteiger partial charge is 0.347 e. The van der Waals surface area contributed by atoms with Gasteiger partial charge in [-0.1, -0.05) is 0 Å². The van der Waals surface area contributed by atoms with Crippen molar-refractivity contribution in [3.05, 3.63) is 0 Å². The maximum atomic E-state index is 12.1. The second-order valence-corrected chi connectivity index (χ2v) is 5.14. The molecule has 0 saturated carbocycles. The number of piperidine rings is 1. The van der Waals surface area contributed by atoms with Crippen LogP contribution in [0.1, 0.15) is 33.1 Å². The molecule has 0 aliphatic carbocycles. The second-order valence-electron chi connectivity index (χ2n) is 5.14. The molecule has 5 nitrogen and oxygen atoms in total. The van der Waals surface area contributed by atoms with Crippen molar-refractivity contribution in [1.82, 2.24) is 15.5 Å². The quantitative estimate of drug-likeness (QED) is 0.737. The van der Waals surface area contributed by atoms with Crippen LogP contribution in [0, 0.1) is 0 Å². The van der Waals surface area contributed by atoms with Crippen LogP contribution < -0.4 is 10.6 Å². The summed E-state index contributed by atoms with van der Waals surface area (Å²) in [6, 6.07) is -0.474. The minimum Gasteiger partial charge on any atom is -0.347 e. The number of carbonyl (C=O) groups excluding carboxylic acids is 2. The van der Waals surface area contributed by atoms with Gasteiger partial charge in [-0.3, -0.25) is 9.59 Å². The number of amides is 2. The fourth-order valence-corrected chi connectivity index (χ4v) is 2.05. The summed E-state index contributed by atoms with van der Waals surface area (Å²) >= 11 is 0. The Morgan fingerprint density at radius 2 is 2.00 bits per heavy atom. The van der Waals surface area contributed by atoms with Gasteiger partial charge >= 0.3 is 0 Å². The van der Waals surface area contributed by atoms with E-state index in [0.717, 1.165) is 25.8 Å². The molecule has 0 radical (unpaired) electrons. The van der Waals surface area contributed by atoms with E-state index in [1.165, 1.54) is 4.90 Å². The molecule has 5 heteroatoms. The van der Waals surface area contributed by atoms with Crippen molar-refractivity contribution in [1.29, 1.82) is 0 Å². The molecular formula is C12H23N3O2. The van der Waals surface area contributed by atoms with Crippen LogP contribution in [-0.2, 0) is 9.59 Å². The number of likely N-dealkylation sites (N-methyl/N-ethyl adjacent to an activating group) is 1. The van der Waals surface area contributed by atoms with Crippen molar-refractivity contribution in [2.45, 2.75) is 44.7 Å². The smallest absolute Gasteiger partial charge is 0.244 e. The number of nitrogens with one attached hydrogen (secondary N) is 2. The lowest BCUT2D eigenvalue weighted by atomic mass is 9.90. The molecule has 2 unspecified atom stereocenters. The fraction of sp³-hybridized carbons (Fsp3) is 0.833. The van der Waals surface area contributed by atoms with Gasteiger partial charge in [0.05, 0.1) is 5.54 Å². The summed E-state index contributed by atoms with van der Waals surface area (Å²) in [7, 11) is 3.37. The molecule has 2 N–H and O–H groups in total. The van der Waals surface area contributed by atoms with Gasteiger partial charge in [-0.15, -0.1) is 0 Å². The molecule has 1 aliphatic rings. The lowest BCUT2D eigenvalue weighted by molar-refractivity contribution is -0.136. The van der Waals surface area contributed by atoms with E-state index >= 15 is 0 Å². The molecule has 0 bridgehead atoms. The van der Waals surface area contributed by atoms with Crippen molar-refractivity contribution in [2.75, 3.05) is 20.6 Å². The maximum absolute atomic E-state index is 12.1. The van der Waals surface area contributed by atoms with E-state index in [1.54, 1.807) is 21.0 Å². The Kier molecular flexibility index (Phi) is 4.51. The van der Waals surface area contributed by atoms with E-state index in [2.05, 4.69) is 10.6 Å². The Bertz CT molecular complexity index is 296. The molecule has 1 rings (SSSR count). The minimum absolute atomic E-state index is 0.0834. The molecule has 2 amide bonds. The molecule has 0 aromatic rings. The van der Waals surface area contributed by atoms with Gasteiger partial charge in [0.15, 0.2) is 0 Å². The van der Waals surface area contributed by atoms with Crippen LogP contribution >= 0.6 is 0 Å². The zero-order valence-corrected chi connectivity index (χ0v) is 11.2. The van der Waals surface area contributed by atoms with Crippen LogP contribution in [0.25, 0.3) is 0 Å². The van der Waals surface area contributed by atoms with Gasteiger partial charge in [0, 0.05) is 14.1 Å². The minimum atomic E-state index is -0.529. The highest BCUT2D eigenvalue weighted by atomic mass is 16.2. The van der Waals surface area contributed by atoms with Gasteiger partial charge in [-0.05, 0) is 39.7 Å². The molecule has 0 aromatic heterocycles. The lowest BCUT2D eigenvalue weighted by Gasteiger charge is -2.34. The number of rotatable bonds is 3. The highest BCUT2D eigenvalue weighted by molar-refractivity contribution is 5.91. The Morgan fingerprint density at radius 3 is 2.47 bits per heavy atom. The molecule has 98 valence electrons. The van der Waals surface area contributed by atoms with E-state index in [9.17, 15) is 9.59 Å². The van der Waals surface area contributed by atoms with Crippen molar-refractivity contribution >= 4 is 11.8 Å². The van der Waals surface area contributed by atoms with E-state index in [1.807, 2.05) is 6.92 Å². The monoisotopic (exact) mass is 241 g/mol. The molecule has 1 aliphatic heterocycles. The Balaban J connectivity index is 2.56. The Labute approximate surface area is 103 Å². The first-order valence-corrected chi connectivity index (χ1v) is 6.14. The number of hydrogen-bond acceptors (Lipinski definition) is 3. The summed E-state index contributed by atoms with van der Waals surface area (Å²) in [6.07, 6.45) is 2.98. The van der Waals surface area contributed by atoms with E-state index in [-0.39, 0.29) is 11.8 Å². The Hall–Kier alpha value is -1.10. The van der Waals surface area contributed by atoms with Gasteiger partial charge in [0.1, 0.15) is 6.04 Å². The van der Waals surface area contributed by atoms with Gasteiger partial charge in [0.2, 0.25) is 11.8 Å². The SMILES string of the molecule is CC(NC(=O)C1(C)CCCCN1)C(=O)N(C)C. The van der Waals surface area contributed by atoms with Crippen LogP contribution in [0.4, 0.5) is 0 Å². The van der Waals surface area contributed by atoms with Crippen molar-refractivity contribution < 1.29 is 9.59 Å². The molecule has 1 heterocycles. The van der Waals surface area contributed by atoms with E-state index in [4.69, 9.17) is 0 Å². The summed E-state index contributed by atoms with van der Waals surface area (Å²) in [5.74, 6) is -0.169. The molecule has 1 saturated heterocycles. The molecule has 17 heavy (non-hydrogen) atoms. The zero-order valence-electron chi connectivity index (χ0n) is 11.2. The average Bonchev–Trinajstić information content (AvgIpc) is 2.28. The summed E-state index contributed by atoms with van der Waals surface area (Å²) in [6.45, 7) is 4.47. The van der Waals surface area contributed by atoms with Gasteiger partial charge in [-0.25, -0.2) is 0 Å². The van der Waals surface area contributed by atoms with E-state index < -0.39 is 11.6 Å². The van der Waals surface area contributed by atoms with E-state index in [0.29, 0.717) is 0 Å². The first-order valence-electron chi connectivity index (χ1n) is 6.14. The third kappa shape index (κ3) is 3.43. The van der Waals surface area contributed by atoms with Crippen molar-refractivity contribution in [3.8, 4) is 0 Å². The van der Waals surface area contributed by atoms with Crippen LogP contribution in [-0.4, -0.2) is 48.9 Å². The van der Waals surface area contributed by atoms with Gasteiger partial charge < -0.3 is 15.5 Å². The first kappa shape index (κ1) is 14.0. The Morgan fingerprint density at radius 1 is 1.35 bits per heavy atom. The molecule has 2 atom stereocenters. The summed E-state index contributed by atoms with van der Waals surface area (Å²) < 4.78 is 0. The van der Waals surface area contributed by atoms with Gasteiger partial charge in [-0.2, -0.15) is 0 Å². The molecule has 0 spiro atoms. The summed E-state index contributed by atoms with van der Waals surface area (Å²) in [5, 5.41) is 6.01. The summed E-state index contributed by atoms with van der Waals surface area (Å²) in [4.78, 5) is 25.3. The van der Waals surface area contributed by atoms with Gasteiger partial charge in [0.25, 0.3) is 0 Å². The van der Waals surface area contributed by atoms with Crippen molar-refractivity contribution in [2.24, 2.45) is 0 Å². The standard InChI is InChI=1S/C12H23N3O2/c1-9(10(16)15(3)4)14-11(17)12(2)7-5-6-8-13-12/h9,13H,5-8H2,1-4H3,(H,14,17). The topological polar surface area (TPSA) is 61.4 Å². The molecule has 1 fully saturated rings. The highest BCUT2D eigenvalue weighted by Crippen LogP contribution is 2.18. The molecular weight excluding hydrogens is 218 g/mol. The van der Waals surface area contributed by atoms with Crippen LogP contribution in [0.2, 0.25) is 0 Å².